The predicted octanol–water partition coefficient (Wildman–Crippen LogP) is 17.1. The number of allylic oxidation sites excluding steroid dienone is 3. The van der Waals surface area contributed by atoms with Crippen LogP contribution in [0.15, 0.2) is 234 Å². The summed E-state index contributed by atoms with van der Waals surface area (Å²) in [6.07, 6.45) is 9.07. The third-order valence-electron chi connectivity index (χ3n) is 13.4. The van der Waals surface area contributed by atoms with E-state index in [2.05, 4.69) is 229 Å². The molecule has 3 heterocycles. The smallest absolute Gasteiger partial charge is 0.143 e. The Hall–Kier alpha value is -7.79. The van der Waals surface area contributed by atoms with E-state index in [4.69, 9.17) is 4.42 Å². The number of furan rings is 1. The molecule has 13 rings (SSSR count). The highest BCUT2D eigenvalue weighted by molar-refractivity contribution is 8.00. The first-order chi connectivity index (χ1) is 32.1. The molecule has 0 spiro atoms. The topological polar surface area (TPSA) is 21.3 Å². The SMILES string of the molecule is Cc1cccc(-n2c3ccccc3c3cc(-c4ccc(N(c5ccc(-c6cccc7c6SC6C=CC=CC76)cc5)c5ccc(-c6cccc7c6oc6ccccc67)cc5)cc4)ccc32)c1. The second kappa shape index (κ2) is 15.2. The lowest BCUT2D eigenvalue weighted by molar-refractivity contribution is 0.670. The lowest BCUT2D eigenvalue weighted by Gasteiger charge is -2.26. The first kappa shape index (κ1) is 37.7. The molecule has 0 amide bonds. The Morgan fingerprint density at radius 1 is 0.477 bits per heavy atom. The number of hydrogen-bond donors (Lipinski definition) is 0. The Kier molecular flexibility index (Phi) is 8.82. The number of hydrogen-bond acceptors (Lipinski definition) is 3. The number of para-hydroxylation sites is 3. The van der Waals surface area contributed by atoms with Crippen LogP contribution in [0.3, 0.4) is 0 Å². The summed E-state index contributed by atoms with van der Waals surface area (Å²) in [6.45, 7) is 2.16. The van der Waals surface area contributed by atoms with E-state index in [1.165, 1.54) is 65.8 Å². The number of benzene rings is 9. The molecule has 0 N–H and O–H groups in total. The molecule has 0 bridgehead atoms. The van der Waals surface area contributed by atoms with Crippen molar-refractivity contribution in [2.45, 2.75) is 23.0 Å². The minimum Gasteiger partial charge on any atom is -0.455 e. The molecular formula is C61H42N2OS. The van der Waals surface area contributed by atoms with Gasteiger partial charge in [0.2, 0.25) is 0 Å². The van der Waals surface area contributed by atoms with Crippen molar-refractivity contribution in [2.75, 3.05) is 4.90 Å². The van der Waals surface area contributed by atoms with Crippen LogP contribution in [0.5, 0.6) is 0 Å². The Labute approximate surface area is 382 Å². The van der Waals surface area contributed by atoms with E-state index in [1.807, 2.05) is 23.9 Å². The minimum absolute atomic E-state index is 0.431. The second-order valence-electron chi connectivity index (χ2n) is 17.3. The summed E-state index contributed by atoms with van der Waals surface area (Å²) in [5.74, 6) is 0.431. The first-order valence-electron chi connectivity index (χ1n) is 22.4. The van der Waals surface area contributed by atoms with Crippen LogP contribution >= 0.6 is 11.8 Å². The Balaban J connectivity index is 0.887. The van der Waals surface area contributed by atoms with Crippen LogP contribution < -0.4 is 4.90 Å². The molecule has 2 unspecified atom stereocenters. The number of rotatable bonds is 7. The number of thioether (sulfide) groups is 1. The maximum atomic E-state index is 6.46. The molecule has 0 radical (unpaired) electrons. The van der Waals surface area contributed by atoms with Gasteiger partial charge in [0, 0.05) is 65.9 Å². The van der Waals surface area contributed by atoms with E-state index >= 15 is 0 Å². The molecule has 0 fully saturated rings. The van der Waals surface area contributed by atoms with Crippen LogP contribution in [-0.4, -0.2) is 9.82 Å². The molecular weight excluding hydrogens is 809 g/mol. The molecule has 3 nitrogen and oxygen atoms in total. The lowest BCUT2D eigenvalue weighted by Crippen LogP contribution is -2.09. The summed E-state index contributed by atoms with van der Waals surface area (Å²) in [7, 11) is 0. The molecule has 4 heteroatoms. The Morgan fingerprint density at radius 2 is 1.09 bits per heavy atom. The van der Waals surface area contributed by atoms with Gasteiger partial charge in [0.25, 0.3) is 0 Å². The van der Waals surface area contributed by atoms with E-state index in [-0.39, 0.29) is 0 Å². The van der Waals surface area contributed by atoms with Crippen molar-refractivity contribution in [3.8, 4) is 39.1 Å². The predicted molar refractivity (Wildman–Crippen MR) is 274 cm³/mol. The standard InChI is InChI=1S/C61H42N2OS/c1-39-11-8-12-47(37-39)63-56-20-5-2-13-50(56)55-38-43(29-36-57(55)63)40-23-30-44(31-24-40)62(45-32-25-41(26-33-45)48-16-9-18-53-51-14-3-6-21-58(51)64-60(48)53)46-34-27-42(28-35-46)49-17-10-19-54-52-15-4-7-22-59(52)65-61(49)54/h2-38,52,59H,1H3. The lowest BCUT2D eigenvalue weighted by atomic mass is 9.90. The quantitative estimate of drug-likeness (QED) is 0.159. The molecule has 2 aromatic heterocycles. The third-order valence-corrected chi connectivity index (χ3v) is 14.8. The van der Waals surface area contributed by atoms with Gasteiger partial charge in [0.15, 0.2) is 0 Å². The third kappa shape index (κ3) is 6.28. The number of anilines is 3. The van der Waals surface area contributed by atoms with Crippen LogP contribution in [0.2, 0.25) is 0 Å². The minimum atomic E-state index is 0.431. The van der Waals surface area contributed by atoms with Gasteiger partial charge in [-0.2, -0.15) is 0 Å². The normalized spacial score (nSPS) is 15.3. The summed E-state index contributed by atoms with van der Waals surface area (Å²) in [4.78, 5) is 3.76. The maximum Gasteiger partial charge on any atom is 0.143 e. The van der Waals surface area contributed by atoms with Crippen molar-refractivity contribution >= 4 is 72.6 Å². The van der Waals surface area contributed by atoms with Gasteiger partial charge in [0.1, 0.15) is 11.2 Å². The van der Waals surface area contributed by atoms with E-state index in [0.29, 0.717) is 11.2 Å². The van der Waals surface area contributed by atoms with Gasteiger partial charge in [-0.05, 0) is 119 Å². The highest BCUT2D eigenvalue weighted by Gasteiger charge is 2.32. The molecule has 1 aliphatic carbocycles. The van der Waals surface area contributed by atoms with Gasteiger partial charge < -0.3 is 13.9 Å². The van der Waals surface area contributed by atoms with E-state index in [0.717, 1.165) is 50.1 Å². The van der Waals surface area contributed by atoms with Crippen molar-refractivity contribution in [3.05, 3.63) is 236 Å². The van der Waals surface area contributed by atoms with Gasteiger partial charge in [0.05, 0.1) is 11.0 Å². The summed E-state index contributed by atoms with van der Waals surface area (Å²) in [5, 5.41) is 5.23. The van der Waals surface area contributed by atoms with E-state index < -0.39 is 0 Å². The fourth-order valence-corrected chi connectivity index (χ4v) is 11.8. The highest BCUT2D eigenvalue weighted by atomic mass is 32.2. The molecule has 11 aromatic rings. The van der Waals surface area contributed by atoms with Crippen LogP contribution in [0.4, 0.5) is 17.1 Å². The van der Waals surface area contributed by atoms with Crippen LogP contribution in [0.1, 0.15) is 17.0 Å². The maximum absolute atomic E-state index is 6.46. The van der Waals surface area contributed by atoms with Gasteiger partial charge in [-0.15, -0.1) is 11.8 Å². The van der Waals surface area contributed by atoms with Crippen LogP contribution in [-0.2, 0) is 0 Å². The van der Waals surface area contributed by atoms with Gasteiger partial charge in [-0.1, -0.05) is 152 Å². The van der Waals surface area contributed by atoms with E-state index in [1.54, 1.807) is 0 Å². The molecule has 9 aromatic carbocycles. The van der Waals surface area contributed by atoms with Gasteiger partial charge in [-0.3, -0.25) is 0 Å². The molecule has 2 aliphatic rings. The monoisotopic (exact) mass is 850 g/mol. The van der Waals surface area contributed by atoms with E-state index in [9.17, 15) is 0 Å². The largest absolute Gasteiger partial charge is 0.455 e. The van der Waals surface area contributed by atoms with Crippen LogP contribution in [0.25, 0.3) is 82.8 Å². The van der Waals surface area contributed by atoms with Gasteiger partial charge in [-0.25, -0.2) is 0 Å². The number of aromatic nitrogens is 1. The fraction of sp³-hybridized carbons (Fsp3) is 0.0492. The Bertz CT molecular complexity index is 3700. The van der Waals surface area contributed by atoms with Crippen molar-refractivity contribution in [3.63, 3.8) is 0 Å². The van der Waals surface area contributed by atoms with Crippen molar-refractivity contribution in [1.82, 2.24) is 4.57 Å². The fourth-order valence-electron chi connectivity index (χ4n) is 10.3. The average Bonchev–Trinajstić information content (AvgIpc) is 4.04. The van der Waals surface area contributed by atoms with Crippen molar-refractivity contribution < 1.29 is 4.42 Å². The van der Waals surface area contributed by atoms with Crippen molar-refractivity contribution in [1.29, 1.82) is 0 Å². The highest BCUT2D eigenvalue weighted by Crippen LogP contribution is 2.52. The molecule has 0 saturated carbocycles. The number of nitrogens with zero attached hydrogens (tertiary/aromatic N) is 2. The van der Waals surface area contributed by atoms with Crippen molar-refractivity contribution in [2.24, 2.45) is 0 Å². The van der Waals surface area contributed by atoms with Crippen LogP contribution in [0, 0.1) is 6.92 Å². The average molecular weight is 851 g/mol. The summed E-state index contributed by atoms with van der Waals surface area (Å²) < 4.78 is 8.85. The zero-order valence-electron chi connectivity index (χ0n) is 35.7. The summed E-state index contributed by atoms with van der Waals surface area (Å²) in [6, 6.07) is 73.1. The molecule has 2 atom stereocenters. The molecule has 65 heavy (non-hydrogen) atoms. The Morgan fingerprint density at radius 3 is 1.88 bits per heavy atom. The first-order valence-corrected chi connectivity index (χ1v) is 23.3. The van der Waals surface area contributed by atoms with Gasteiger partial charge >= 0.3 is 0 Å². The second-order valence-corrected chi connectivity index (χ2v) is 18.5. The molecule has 308 valence electrons. The summed E-state index contributed by atoms with van der Waals surface area (Å²) in [5.41, 5.74) is 18.5. The summed E-state index contributed by atoms with van der Waals surface area (Å²) >= 11 is 1.99. The number of fused-ring (bicyclic) bond motifs is 9. The molecule has 0 saturated heterocycles. The molecule has 1 aliphatic heterocycles. The zero-order valence-corrected chi connectivity index (χ0v) is 36.5. The number of aryl methyl sites for hydroxylation is 1. The zero-order chi connectivity index (χ0) is 43.0.